The molecule has 2 aromatic rings. The lowest BCUT2D eigenvalue weighted by molar-refractivity contribution is -0.126. The maximum absolute atomic E-state index is 13.6. The molecule has 1 amide bonds. The number of aromatic nitrogens is 1. The Hall–Kier alpha value is -3.53. The molecule has 1 aromatic heterocycles. The van der Waals surface area contributed by atoms with Crippen molar-refractivity contribution in [2.45, 2.75) is 39.9 Å². The number of hydrogen-bond acceptors (Lipinski definition) is 5. The van der Waals surface area contributed by atoms with Crippen LogP contribution in [0.2, 0.25) is 19.6 Å². The zero-order valence-corrected chi connectivity index (χ0v) is 21.8. The number of nitrogens with one attached hydrogen (secondary N) is 1. The topological polar surface area (TPSA) is 101 Å². The summed E-state index contributed by atoms with van der Waals surface area (Å²) in [6.45, 7) is 10.2. The van der Waals surface area contributed by atoms with Crippen molar-refractivity contribution in [3.63, 3.8) is 0 Å². The van der Waals surface area contributed by atoms with Gasteiger partial charge in [0, 0.05) is 24.8 Å². The van der Waals surface area contributed by atoms with Gasteiger partial charge in [-0.3, -0.25) is 14.4 Å². The third kappa shape index (κ3) is 5.42. The van der Waals surface area contributed by atoms with Crippen LogP contribution in [0.25, 0.3) is 0 Å². The van der Waals surface area contributed by atoms with Gasteiger partial charge in [-0.25, -0.2) is 4.39 Å². The van der Waals surface area contributed by atoms with Crippen LogP contribution in [-0.4, -0.2) is 43.3 Å². The van der Waals surface area contributed by atoms with E-state index in [-0.39, 0.29) is 28.9 Å². The van der Waals surface area contributed by atoms with E-state index < -0.39 is 36.8 Å². The van der Waals surface area contributed by atoms with E-state index in [0.717, 1.165) is 6.07 Å². The highest BCUT2D eigenvalue weighted by molar-refractivity contribution is 6.83. The van der Waals surface area contributed by atoms with Crippen LogP contribution in [0, 0.1) is 47.9 Å². The predicted octanol–water partition coefficient (Wildman–Crippen LogP) is 3.94. The number of rotatable bonds is 6. The molecule has 1 aliphatic heterocycles. The average Bonchev–Trinajstić information content (AvgIpc) is 2.98. The Kier molecular flexibility index (Phi) is 7.16. The lowest BCUT2D eigenvalue weighted by Gasteiger charge is -2.36. The van der Waals surface area contributed by atoms with Crippen molar-refractivity contribution in [1.29, 1.82) is 5.26 Å². The Morgan fingerprint density at radius 3 is 2.43 bits per heavy atom. The normalized spacial score (nSPS) is 14.2. The summed E-state index contributed by atoms with van der Waals surface area (Å²) in [5.74, 6) is 0.747. The molecular weight excluding hydrogens is 465 g/mol. The molecule has 0 radical (unpaired) electrons. The number of benzene rings is 1. The third-order valence-corrected chi connectivity index (χ3v) is 6.80. The molecule has 1 aliphatic rings. The lowest BCUT2D eigenvalue weighted by Crippen LogP contribution is -2.44. The molecule has 0 spiro atoms. The first kappa shape index (κ1) is 26.1. The Labute approximate surface area is 205 Å². The summed E-state index contributed by atoms with van der Waals surface area (Å²) in [5, 5.41) is 11.7. The molecule has 1 aromatic carbocycles. The first-order valence-corrected chi connectivity index (χ1v) is 14.6. The molecule has 0 saturated carbocycles. The van der Waals surface area contributed by atoms with Crippen molar-refractivity contribution in [3.8, 4) is 17.5 Å². The first-order valence-electron chi connectivity index (χ1n) is 11.1. The summed E-state index contributed by atoms with van der Waals surface area (Å²) < 4.78 is 20.5. The van der Waals surface area contributed by atoms with Crippen LogP contribution in [-0.2, 0) is 16.6 Å². The largest absolute Gasteiger partial charge is 0.378 e. The molecular formula is C26H28FN3O4Si. The monoisotopic (exact) mass is 493 g/mol. The van der Waals surface area contributed by atoms with Gasteiger partial charge >= 0.3 is 0 Å². The van der Waals surface area contributed by atoms with Gasteiger partial charge in [-0.1, -0.05) is 25.6 Å². The van der Waals surface area contributed by atoms with Gasteiger partial charge < -0.3 is 14.6 Å². The SMILES string of the molecule is Cc1c(C(=O)C(=O)CC2(C#C[Si](C)(C)C)COC2)c(C)n(C)c1C(=O)Nc1ccc(F)c(C#N)c1. The second-order valence-corrected chi connectivity index (χ2v) is 14.7. The zero-order chi connectivity index (χ0) is 26.1. The summed E-state index contributed by atoms with van der Waals surface area (Å²) in [6, 6.07) is 5.40. The maximum atomic E-state index is 13.6. The molecule has 2 heterocycles. The van der Waals surface area contributed by atoms with Crippen LogP contribution in [0.1, 0.15) is 44.1 Å². The number of halogens is 1. The van der Waals surface area contributed by atoms with E-state index in [1.54, 1.807) is 31.5 Å². The van der Waals surface area contributed by atoms with Crippen LogP contribution in [0.15, 0.2) is 18.2 Å². The fourth-order valence-corrected chi connectivity index (χ4v) is 4.57. The van der Waals surface area contributed by atoms with Crippen molar-refractivity contribution < 1.29 is 23.5 Å². The third-order valence-electron chi connectivity index (χ3n) is 5.93. The number of anilines is 1. The number of hydrogen-bond donors (Lipinski definition) is 1. The molecule has 7 nitrogen and oxygen atoms in total. The quantitative estimate of drug-likeness (QED) is 0.284. The van der Waals surface area contributed by atoms with E-state index in [1.165, 1.54) is 12.1 Å². The fraction of sp³-hybridized carbons (Fsp3) is 0.385. The van der Waals surface area contributed by atoms with E-state index in [2.05, 4.69) is 36.4 Å². The molecule has 1 N–H and O–H groups in total. The summed E-state index contributed by atoms with van der Waals surface area (Å²) in [5.41, 5.74) is 3.91. The van der Waals surface area contributed by atoms with Crippen LogP contribution in [0.3, 0.4) is 0 Å². The van der Waals surface area contributed by atoms with E-state index in [0.29, 0.717) is 24.5 Å². The number of Topliss-reactive ketones (excluding diaryl/α,β-unsaturated/α-hetero) is 2. The van der Waals surface area contributed by atoms with E-state index in [1.807, 2.05) is 0 Å². The van der Waals surface area contributed by atoms with Crippen molar-refractivity contribution >= 4 is 31.2 Å². The maximum Gasteiger partial charge on any atom is 0.272 e. The second-order valence-electron chi connectivity index (χ2n) is 9.96. The van der Waals surface area contributed by atoms with Gasteiger partial charge in [0.05, 0.1) is 29.8 Å². The molecule has 0 aliphatic carbocycles. The molecule has 3 rings (SSSR count). The number of amides is 1. The summed E-state index contributed by atoms with van der Waals surface area (Å²) in [6.07, 6.45) is -0.0366. The van der Waals surface area contributed by atoms with Gasteiger partial charge in [0.15, 0.2) is 0 Å². The lowest BCUT2D eigenvalue weighted by atomic mass is 9.80. The Bertz CT molecular complexity index is 1330. The Balaban J connectivity index is 1.87. The highest BCUT2D eigenvalue weighted by atomic mass is 28.3. The molecule has 1 saturated heterocycles. The van der Waals surface area contributed by atoms with Crippen LogP contribution in [0.5, 0.6) is 0 Å². The summed E-state index contributed by atoms with van der Waals surface area (Å²) in [7, 11) is -0.0375. The standard InChI is InChI=1S/C26H28FN3O4Si/c1-16-22(24(32)21(31)12-26(14-34-15-26)9-10-35(4,5)6)17(2)30(3)23(16)25(33)29-19-7-8-20(27)18(11-19)13-28/h7-8,11H,12,14-15H2,1-6H3,(H,29,33). The number of ether oxygens (including phenoxy) is 1. The van der Waals surface area contributed by atoms with Gasteiger partial charge in [0.25, 0.3) is 5.91 Å². The molecule has 9 heteroatoms. The van der Waals surface area contributed by atoms with E-state index >= 15 is 0 Å². The summed E-state index contributed by atoms with van der Waals surface area (Å²) >= 11 is 0. The highest BCUT2D eigenvalue weighted by Crippen LogP contribution is 2.33. The minimum atomic E-state index is -1.67. The Morgan fingerprint density at radius 1 is 1.23 bits per heavy atom. The number of ketones is 2. The second kappa shape index (κ2) is 9.61. The minimum Gasteiger partial charge on any atom is -0.378 e. The number of nitriles is 1. The van der Waals surface area contributed by atoms with E-state index in [4.69, 9.17) is 10.00 Å². The number of carbonyl (C=O) groups excluding carboxylic acids is 3. The van der Waals surface area contributed by atoms with Crippen molar-refractivity contribution in [3.05, 3.63) is 52.1 Å². The van der Waals surface area contributed by atoms with Crippen molar-refractivity contribution in [2.75, 3.05) is 18.5 Å². The van der Waals surface area contributed by atoms with Crippen LogP contribution in [0.4, 0.5) is 10.1 Å². The predicted molar refractivity (Wildman–Crippen MR) is 132 cm³/mol. The first-order chi connectivity index (χ1) is 16.3. The number of carbonyl (C=O) groups is 3. The summed E-state index contributed by atoms with van der Waals surface area (Å²) in [4.78, 5) is 39.3. The fourth-order valence-electron chi connectivity index (χ4n) is 3.93. The zero-order valence-electron chi connectivity index (χ0n) is 20.8. The van der Waals surface area contributed by atoms with Gasteiger partial charge in [-0.15, -0.1) is 5.54 Å². The minimum absolute atomic E-state index is 0.0366. The van der Waals surface area contributed by atoms with Crippen molar-refractivity contribution in [2.24, 2.45) is 12.5 Å². The molecule has 182 valence electrons. The van der Waals surface area contributed by atoms with Gasteiger partial charge in [0.1, 0.15) is 25.7 Å². The van der Waals surface area contributed by atoms with E-state index in [9.17, 15) is 18.8 Å². The van der Waals surface area contributed by atoms with Gasteiger partial charge in [-0.2, -0.15) is 5.26 Å². The van der Waals surface area contributed by atoms with Gasteiger partial charge in [0.2, 0.25) is 11.6 Å². The van der Waals surface area contributed by atoms with Crippen LogP contribution >= 0.6 is 0 Å². The molecule has 0 unspecified atom stereocenters. The average molecular weight is 494 g/mol. The highest BCUT2D eigenvalue weighted by Gasteiger charge is 2.41. The molecule has 1 fully saturated rings. The molecule has 0 bridgehead atoms. The molecule has 35 heavy (non-hydrogen) atoms. The Morgan fingerprint density at radius 2 is 1.89 bits per heavy atom. The number of nitrogens with zero attached hydrogens (tertiary/aromatic N) is 2. The van der Waals surface area contributed by atoms with Crippen molar-refractivity contribution in [1.82, 2.24) is 4.57 Å². The smallest absolute Gasteiger partial charge is 0.272 e. The van der Waals surface area contributed by atoms with Gasteiger partial charge in [-0.05, 0) is 37.6 Å². The molecule has 0 atom stereocenters. The van der Waals surface area contributed by atoms with Crippen LogP contribution < -0.4 is 5.32 Å².